The van der Waals surface area contributed by atoms with E-state index < -0.39 is 9.84 Å². The van der Waals surface area contributed by atoms with E-state index in [0.717, 1.165) is 18.9 Å². The van der Waals surface area contributed by atoms with Crippen molar-refractivity contribution in [3.63, 3.8) is 0 Å². The van der Waals surface area contributed by atoms with Gasteiger partial charge in [0.2, 0.25) is 5.91 Å². The Hall–Kier alpha value is -0.580. The Bertz CT molecular complexity index is 616. The monoisotopic (exact) mass is 381 g/mol. The fraction of sp³-hybridized carbons (Fsp3) is 0.952. The van der Waals surface area contributed by atoms with Crippen LogP contribution in [0.2, 0.25) is 0 Å². The molecule has 4 nitrogen and oxygen atoms in total. The Morgan fingerprint density at radius 3 is 2.15 bits per heavy atom. The minimum absolute atomic E-state index is 0.0139. The van der Waals surface area contributed by atoms with Crippen molar-refractivity contribution in [2.75, 3.05) is 18.1 Å². The molecule has 0 bridgehead atoms. The van der Waals surface area contributed by atoms with E-state index in [2.05, 4.69) is 5.32 Å². The molecule has 4 aliphatic rings. The normalized spacial score (nSPS) is 32.8. The summed E-state index contributed by atoms with van der Waals surface area (Å²) in [5.41, 5.74) is 0.353. The number of sulfone groups is 1. The number of nitrogens with one attached hydrogen (secondary N) is 1. The zero-order chi connectivity index (χ0) is 18.3. The first-order valence-corrected chi connectivity index (χ1v) is 12.8. The highest BCUT2D eigenvalue weighted by molar-refractivity contribution is 7.91. The zero-order valence-electron chi connectivity index (χ0n) is 16.1. The van der Waals surface area contributed by atoms with Crippen molar-refractivity contribution in [1.82, 2.24) is 5.32 Å². The van der Waals surface area contributed by atoms with Crippen LogP contribution < -0.4 is 5.32 Å². The predicted octanol–water partition coefficient (Wildman–Crippen LogP) is 3.85. The van der Waals surface area contributed by atoms with Crippen LogP contribution in [0.1, 0.15) is 83.5 Å². The SMILES string of the molecule is O=C(NCC1(C2CCCCC2)CCCCC1)C1CC12CCS(=O)(=O)CC2. The highest BCUT2D eigenvalue weighted by Gasteiger charge is 2.59. The molecule has 26 heavy (non-hydrogen) atoms. The lowest BCUT2D eigenvalue weighted by molar-refractivity contribution is -0.124. The molecule has 0 aromatic carbocycles. The smallest absolute Gasteiger partial charge is 0.223 e. The Morgan fingerprint density at radius 2 is 1.50 bits per heavy atom. The van der Waals surface area contributed by atoms with E-state index in [0.29, 0.717) is 18.3 Å². The average molecular weight is 382 g/mol. The van der Waals surface area contributed by atoms with Gasteiger partial charge in [-0.25, -0.2) is 8.42 Å². The van der Waals surface area contributed by atoms with Gasteiger partial charge < -0.3 is 5.32 Å². The number of rotatable bonds is 4. The molecule has 1 heterocycles. The van der Waals surface area contributed by atoms with E-state index in [-0.39, 0.29) is 28.7 Å². The van der Waals surface area contributed by atoms with Crippen molar-refractivity contribution in [3.8, 4) is 0 Å². The molecule has 1 spiro atoms. The first kappa shape index (κ1) is 18.8. The molecule has 3 saturated carbocycles. The van der Waals surface area contributed by atoms with Gasteiger partial charge in [-0.15, -0.1) is 0 Å². The molecule has 3 aliphatic carbocycles. The van der Waals surface area contributed by atoms with Crippen LogP contribution in [-0.2, 0) is 14.6 Å². The quantitative estimate of drug-likeness (QED) is 0.804. The molecule has 148 valence electrons. The standard InChI is InChI=1S/C21H35NO3S/c23-19(18-15-20(18)11-13-26(24,25)14-12-20)22-16-21(9-5-2-6-10-21)17-7-3-1-4-8-17/h17-18H,1-16H2,(H,22,23). The van der Waals surface area contributed by atoms with Gasteiger partial charge in [-0.05, 0) is 61.7 Å². The van der Waals surface area contributed by atoms with Crippen molar-refractivity contribution in [2.45, 2.75) is 83.5 Å². The molecular weight excluding hydrogens is 346 g/mol. The second-order valence-corrected chi connectivity index (χ2v) is 12.1. The largest absolute Gasteiger partial charge is 0.355 e. The van der Waals surface area contributed by atoms with Gasteiger partial charge in [0.25, 0.3) is 0 Å². The molecule has 1 atom stereocenters. The minimum atomic E-state index is -2.85. The van der Waals surface area contributed by atoms with Gasteiger partial charge in [-0.1, -0.05) is 38.5 Å². The maximum Gasteiger partial charge on any atom is 0.223 e. The lowest BCUT2D eigenvalue weighted by atomic mass is 9.61. The lowest BCUT2D eigenvalue weighted by Crippen LogP contribution is -2.45. The van der Waals surface area contributed by atoms with Crippen LogP contribution in [0.5, 0.6) is 0 Å². The number of amides is 1. The van der Waals surface area contributed by atoms with E-state index in [1.54, 1.807) is 0 Å². The van der Waals surface area contributed by atoms with Gasteiger partial charge in [0.05, 0.1) is 11.5 Å². The Labute approximate surface area is 158 Å². The molecule has 1 unspecified atom stereocenters. The third-order valence-electron chi connectivity index (χ3n) is 8.26. The number of hydrogen-bond donors (Lipinski definition) is 1. The Morgan fingerprint density at radius 1 is 0.885 bits per heavy atom. The van der Waals surface area contributed by atoms with Crippen LogP contribution in [0.4, 0.5) is 0 Å². The molecule has 1 aliphatic heterocycles. The third-order valence-corrected chi connectivity index (χ3v) is 9.92. The van der Waals surface area contributed by atoms with Gasteiger partial charge in [0, 0.05) is 12.5 Å². The predicted molar refractivity (Wildman–Crippen MR) is 104 cm³/mol. The summed E-state index contributed by atoms with van der Waals surface area (Å²) in [7, 11) is -2.85. The van der Waals surface area contributed by atoms with Gasteiger partial charge in [-0.3, -0.25) is 4.79 Å². The molecule has 4 fully saturated rings. The Balaban J connectivity index is 1.35. The van der Waals surface area contributed by atoms with Crippen LogP contribution in [0.3, 0.4) is 0 Å². The fourth-order valence-corrected chi connectivity index (χ4v) is 7.94. The highest BCUT2D eigenvalue weighted by atomic mass is 32.2. The highest BCUT2D eigenvalue weighted by Crippen LogP contribution is 2.60. The maximum absolute atomic E-state index is 12.8. The summed E-state index contributed by atoms with van der Waals surface area (Å²) < 4.78 is 23.4. The van der Waals surface area contributed by atoms with E-state index in [4.69, 9.17) is 0 Å². The summed E-state index contributed by atoms with van der Waals surface area (Å²) in [6.45, 7) is 0.862. The molecule has 0 aromatic rings. The van der Waals surface area contributed by atoms with Crippen molar-refractivity contribution < 1.29 is 13.2 Å². The van der Waals surface area contributed by atoms with E-state index in [1.807, 2.05) is 0 Å². The molecule has 0 aromatic heterocycles. The Kier molecular flexibility index (Phi) is 5.13. The zero-order valence-corrected chi connectivity index (χ0v) is 16.9. The second-order valence-electron chi connectivity index (χ2n) is 9.75. The number of carbonyl (C=O) groups is 1. The van der Waals surface area contributed by atoms with Crippen LogP contribution in [-0.4, -0.2) is 32.4 Å². The van der Waals surface area contributed by atoms with Crippen molar-refractivity contribution in [2.24, 2.45) is 22.7 Å². The molecule has 1 amide bonds. The summed E-state index contributed by atoms with van der Waals surface area (Å²) in [4.78, 5) is 12.8. The van der Waals surface area contributed by atoms with Crippen LogP contribution in [0.25, 0.3) is 0 Å². The topological polar surface area (TPSA) is 63.2 Å². The molecular formula is C21H35NO3S. The van der Waals surface area contributed by atoms with E-state index in [1.165, 1.54) is 64.2 Å². The summed E-state index contributed by atoms with van der Waals surface area (Å²) in [5, 5.41) is 3.36. The lowest BCUT2D eigenvalue weighted by Gasteiger charge is -2.45. The first-order valence-electron chi connectivity index (χ1n) is 10.9. The van der Waals surface area contributed by atoms with Gasteiger partial charge in [0.1, 0.15) is 9.84 Å². The molecule has 4 rings (SSSR count). The molecule has 1 saturated heterocycles. The van der Waals surface area contributed by atoms with Crippen molar-refractivity contribution >= 4 is 15.7 Å². The van der Waals surface area contributed by atoms with Gasteiger partial charge in [0.15, 0.2) is 0 Å². The fourth-order valence-electron chi connectivity index (χ4n) is 6.30. The summed E-state index contributed by atoms with van der Waals surface area (Å²) >= 11 is 0. The van der Waals surface area contributed by atoms with Crippen LogP contribution >= 0.6 is 0 Å². The third kappa shape index (κ3) is 3.70. The van der Waals surface area contributed by atoms with Crippen molar-refractivity contribution in [3.05, 3.63) is 0 Å². The average Bonchev–Trinajstić information content (AvgIpc) is 3.39. The van der Waals surface area contributed by atoms with Crippen LogP contribution in [0.15, 0.2) is 0 Å². The van der Waals surface area contributed by atoms with Crippen LogP contribution in [0, 0.1) is 22.7 Å². The molecule has 1 N–H and O–H groups in total. The maximum atomic E-state index is 12.8. The van der Waals surface area contributed by atoms with E-state index >= 15 is 0 Å². The summed E-state index contributed by atoms with van der Waals surface area (Å²) in [6.07, 6.45) is 15.7. The van der Waals surface area contributed by atoms with E-state index in [9.17, 15) is 13.2 Å². The van der Waals surface area contributed by atoms with Gasteiger partial charge >= 0.3 is 0 Å². The summed E-state index contributed by atoms with van der Waals surface area (Å²) in [6, 6.07) is 0. The minimum Gasteiger partial charge on any atom is -0.355 e. The van der Waals surface area contributed by atoms with Gasteiger partial charge in [-0.2, -0.15) is 0 Å². The molecule has 5 heteroatoms. The number of hydrogen-bond acceptors (Lipinski definition) is 3. The van der Waals surface area contributed by atoms with Crippen molar-refractivity contribution in [1.29, 1.82) is 0 Å². The first-order chi connectivity index (χ1) is 12.4. The second kappa shape index (κ2) is 7.10. The molecule has 0 radical (unpaired) electrons. The number of carbonyl (C=O) groups excluding carboxylic acids is 1. The summed E-state index contributed by atoms with van der Waals surface area (Å²) in [5.74, 6) is 1.64.